The Bertz CT molecular complexity index is 1190. The van der Waals surface area contributed by atoms with Gasteiger partial charge in [-0.05, 0) is 30.0 Å². The highest BCUT2D eigenvalue weighted by Crippen LogP contribution is 2.41. The lowest BCUT2D eigenvalue weighted by molar-refractivity contribution is -0.140. The first-order valence-electron chi connectivity index (χ1n) is 11.5. The van der Waals surface area contributed by atoms with E-state index in [1.54, 1.807) is 0 Å². The quantitative estimate of drug-likeness (QED) is 0.548. The van der Waals surface area contributed by atoms with Crippen LogP contribution >= 0.6 is 11.3 Å². The average Bonchev–Trinajstić information content (AvgIpc) is 3.28. The Balaban J connectivity index is 1.57. The van der Waals surface area contributed by atoms with Gasteiger partial charge in [0.1, 0.15) is 16.6 Å². The second kappa shape index (κ2) is 9.56. The van der Waals surface area contributed by atoms with Gasteiger partial charge in [-0.3, -0.25) is 9.59 Å². The molecular formula is C26H27N3O4S. The molecule has 1 fully saturated rings. The van der Waals surface area contributed by atoms with Crippen LogP contribution in [0.1, 0.15) is 29.4 Å². The van der Waals surface area contributed by atoms with Crippen LogP contribution in [0.4, 0.5) is 10.1 Å². The number of fused-ring (bicyclic) bond motifs is 1. The number of carbonyl (C=O) groups excluding carboxylic acids is 1. The first kappa shape index (κ1) is 22.6. The fraction of sp³-hybridized carbons (Fsp3) is 0.346. The SMILES string of the molecule is CC1CC(C(=O)O)C(=O)c2nc(N3CCOCC3)sc2N1Cc1ccccc1-c1ccccc1. The van der Waals surface area contributed by atoms with Crippen LogP contribution in [0.25, 0.3) is 11.1 Å². The second-order valence-electron chi connectivity index (χ2n) is 8.74. The molecule has 0 radical (unpaired) electrons. The maximum atomic E-state index is 13.3. The molecule has 34 heavy (non-hydrogen) atoms. The lowest BCUT2D eigenvalue weighted by atomic mass is 9.95. The summed E-state index contributed by atoms with van der Waals surface area (Å²) in [5, 5.41) is 11.3. The predicted molar refractivity (Wildman–Crippen MR) is 133 cm³/mol. The van der Waals surface area contributed by atoms with E-state index in [1.807, 2.05) is 37.3 Å². The molecular weight excluding hydrogens is 450 g/mol. The van der Waals surface area contributed by atoms with Gasteiger partial charge in [0.2, 0.25) is 0 Å². The van der Waals surface area contributed by atoms with Gasteiger partial charge >= 0.3 is 5.97 Å². The highest BCUT2D eigenvalue weighted by Gasteiger charge is 2.40. The molecule has 8 heteroatoms. The van der Waals surface area contributed by atoms with E-state index in [4.69, 9.17) is 4.74 Å². The van der Waals surface area contributed by atoms with Gasteiger partial charge in [-0.15, -0.1) is 0 Å². The van der Waals surface area contributed by atoms with Crippen molar-refractivity contribution in [3.8, 4) is 11.1 Å². The highest BCUT2D eigenvalue weighted by molar-refractivity contribution is 7.20. The van der Waals surface area contributed by atoms with E-state index in [-0.39, 0.29) is 18.2 Å². The number of nitrogens with zero attached hydrogens (tertiary/aromatic N) is 3. The Morgan fingerprint density at radius 1 is 1.12 bits per heavy atom. The zero-order valence-corrected chi connectivity index (χ0v) is 19.8. The number of rotatable bonds is 5. The smallest absolute Gasteiger partial charge is 0.314 e. The number of benzene rings is 2. The molecule has 0 saturated carbocycles. The number of aromatic nitrogens is 1. The molecule has 0 bridgehead atoms. The van der Waals surface area contributed by atoms with Gasteiger partial charge in [-0.25, -0.2) is 4.98 Å². The number of aliphatic carboxylic acids is 1. The van der Waals surface area contributed by atoms with E-state index in [0.717, 1.165) is 26.8 Å². The Morgan fingerprint density at radius 3 is 2.56 bits per heavy atom. The molecule has 2 aromatic carbocycles. The number of anilines is 2. The van der Waals surface area contributed by atoms with Crippen molar-refractivity contribution in [1.82, 2.24) is 4.98 Å². The summed E-state index contributed by atoms with van der Waals surface area (Å²) in [6.45, 7) is 5.19. The lowest BCUT2D eigenvalue weighted by Crippen LogP contribution is -2.36. The van der Waals surface area contributed by atoms with Crippen molar-refractivity contribution in [3.63, 3.8) is 0 Å². The molecule has 0 amide bonds. The Labute approximate surface area is 202 Å². The molecule has 2 aliphatic rings. The van der Waals surface area contributed by atoms with Gasteiger partial charge in [0.15, 0.2) is 10.9 Å². The molecule has 1 saturated heterocycles. The van der Waals surface area contributed by atoms with Crippen LogP contribution in [-0.2, 0) is 16.1 Å². The van der Waals surface area contributed by atoms with Crippen molar-refractivity contribution in [2.75, 3.05) is 36.1 Å². The summed E-state index contributed by atoms with van der Waals surface area (Å²) >= 11 is 1.48. The number of ketones is 1. The summed E-state index contributed by atoms with van der Waals surface area (Å²) in [5.74, 6) is -2.58. The minimum Gasteiger partial charge on any atom is -0.481 e. The number of carbonyl (C=O) groups is 2. The number of Topliss-reactive ketones (excluding diaryl/α,β-unsaturated/α-hetero) is 1. The van der Waals surface area contributed by atoms with Crippen molar-refractivity contribution in [3.05, 3.63) is 65.9 Å². The number of carboxylic acid groups (broad SMARTS) is 1. The number of ether oxygens (including phenoxy) is 1. The van der Waals surface area contributed by atoms with E-state index in [9.17, 15) is 14.7 Å². The van der Waals surface area contributed by atoms with Crippen molar-refractivity contribution in [2.45, 2.75) is 25.9 Å². The van der Waals surface area contributed by atoms with E-state index < -0.39 is 17.7 Å². The van der Waals surface area contributed by atoms with Crippen molar-refractivity contribution in [1.29, 1.82) is 0 Å². The number of hydrogen-bond donors (Lipinski definition) is 1. The fourth-order valence-electron chi connectivity index (χ4n) is 4.67. The number of thiazole rings is 1. The standard InChI is InChI=1S/C26H27N3O4S/c1-17-15-21(25(31)32)23(30)22-24(34-26(27-22)28-11-13-33-14-12-28)29(17)16-19-9-5-6-10-20(19)18-7-3-2-4-8-18/h2-10,17,21H,11-16H2,1H3,(H,31,32). The molecule has 2 unspecified atom stereocenters. The highest BCUT2D eigenvalue weighted by atomic mass is 32.1. The zero-order valence-electron chi connectivity index (χ0n) is 19.0. The second-order valence-corrected chi connectivity index (χ2v) is 9.70. The van der Waals surface area contributed by atoms with E-state index in [1.165, 1.54) is 11.3 Å². The van der Waals surface area contributed by atoms with Gasteiger partial charge in [0.05, 0.1) is 13.2 Å². The summed E-state index contributed by atoms with van der Waals surface area (Å²) in [6, 6.07) is 18.3. The normalized spacial score (nSPS) is 20.7. The summed E-state index contributed by atoms with van der Waals surface area (Å²) in [7, 11) is 0. The summed E-state index contributed by atoms with van der Waals surface area (Å²) in [4.78, 5) is 34.3. The number of hydrogen-bond acceptors (Lipinski definition) is 7. The first-order valence-corrected chi connectivity index (χ1v) is 12.3. The molecule has 2 atom stereocenters. The summed E-state index contributed by atoms with van der Waals surface area (Å²) in [6.07, 6.45) is 0.248. The average molecular weight is 478 g/mol. The lowest BCUT2D eigenvalue weighted by Gasteiger charge is -2.30. The molecule has 1 aromatic heterocycles. The van der Waals surface area contributed by atoms with Crippen LogP contribution in [0.5, 0.6) is 0 Å². The minimum absolute atomic E-state index is 0.145. The molecule has 5 rings (SSSR count). The minimum atomic E-state index is -1.09. The first-order chi connectivity index (χ1) is 16.5. The van der Waals surface area contributed by atoms with E-state index >= 15 is 0 Å². The fourth-order valence-corrected chi connectivity index (χ4v) is 5.89. The van der Waals surface area contributed by atoms with Gasteiger partial charge in [-0.1, -0.05) is 65.9 Å². The van der Waals surface area contributed by atoms with Crippen LogP contribution in [0, 0.1) is 5.92 Å². The van der Waals surface area contributed by atoms with Gasteiger partial charge in [-0.2, -0.15) is 0 Å². The Hall–Kier alpha value is -3.23. The molecule has 7 nitrogen and oxygen atoms in total. The van der Waals surface area contributed by atoms with Crippen LogP contribution in [0.15, 0.2) is 54.6 Å². The van der Waals surface area contributed by atoms with E-state index in [2.05, 4.69) is 39.0 Å². The molecule has 0 spiro atoms. The summed E-state index contributed by atoms with van der Waals surface area (Å²) in [5.41, 5.74) is 3.65. The molecule has 176 valence electrons. The zero-order chi connectivity index (χ0) is 23.7. The number of carboxylic acids is 1. The van der Waals surface area contributed by atoms with Crippen LogP contribution in [0.2, 0.25) is 0 Å². The molecule has 0 aliphatic carbocycles. The van der Waals surface area contributed by atoms with Gasteiger partial charge < -0.3 is 19.6 Å². The molecule has 1 N–H and O–H groups in total. The van der Waals surface area contributed by atoms with Crippen LogP contribution in [0.3, 0.4) is 0 Å². The van der Waals surface area contributed by atoms with Crippen LogP contribution < -0.4 is 9.80 Å². The van der Waals surface area contributed by atoms with Gasteiger partial charge in [0.25, 0.3) is 0 Å². The van der Waals surface area contributed by atoms with Crippen molar-refractivity contribution >= 4 is 33.2 Å². The third-order valence-electron chi connectivity index (χ3n) is 6.54. The third-order valence-corrected chi connectivity index (χ3v) is 7.69. The molecule has 3 heterocycles. The van der Waals surface area contributed by atoms with Crippen LogP contribution in [-0.4, -0.2) is 54.2 Å². The molecule has 2 aliphatic heterocycles. The van der Waals surface area contributed by atoms with Crippen molar-refractivity contribution in [2.24, 2.45) is 5.92 Å². The maximum absolute atomic E-state index is 13.3. The Morgan fingerprint density at radius 2 is 1.82 bits per heavy atom. The monoisotopic (exact) mass is 477 g/mol. The van der Waals surface area contributed by atoms with E-state index in [0.29, 0.717) is 32.8 Å². The van der Waals surface area contributed by atoms with Gasteiger partial charge in [0, 0.05) is 25.7 Å². The number of morpholine rings is 1. The molecule has 3 aromatic rings. The van der Waals surface area contributed by atoms with Crippen molar-refractivity contribution < 1.29 is 19.4 Å². The third kappa shape index (κ3) is 4.31. The maximum Gasteiger partial charge on any atom is 0.314 e. The topological polar surface area (TPSA) is 83.0 Å². The Kier molecular flexibility index (Phi) is 6.34. The largest absolute Gasteiger partial charge is 0.481 e. The summed E-state index contributed by atoms with van der Waals surface area (Å²) < 4.78 is 5.47. The predicted octanol–water partition coefficient (Wildman–Crippen LogP) is 4.33.